The minimum Gasteiger partial charge on any atom is -0.381 e. The zero-order valence-electron chi connectivity index (χ0n) is 16.1. The van der Waals surface area contributed by atoms with Crippen LogP contribution in [0.5, 0.6) is 0 Å². The third kappa shape index (κ3) is 4.28. The molecular weight excluding hydrogens is 326 g/mol. The van der Waals surface area contributed by atoms with E-state index in [1.54, 1.807) is 0 Å². The van der Waals surface area contributed by atoms with Gasteiger partial charge in [-0.25, -0.2) is 0 Å². The van der Waals surface area contributed by atoms with Crippen LogP contribution in [0.2, 0.25) is 0 Å². The maximum atomic E-state index is 6.10. The van der Waals surface area contributed by atoms with E-state index in [0.717, 1.165) is 38.0 Å². The molecule has 0 aliphatic carbocycles. The van der Waals surface area contributed by atoms with Crippen molar-refractivity contribution in [1.82, 2.24) is 14.8 Å². The Kier molecular flexibility index (Phi) is 5.89. The number of pyridine rings is 1. The molecule has 0 N–H and O–H groups in total. The van der Waals surface area contributed by atoms with Crippen LogP contribution in [-0.2, 0) is 16.1 Å². The molecule has 1 spiro atoms. The molecule has 3 saturated heterocycles. The minimum absolute atomic E-state index is 0.421. The first-order chi connectivity index (χ1) is 12.7. The highest BCUT2D eigenvalue weighted by Gasteiger charge is 2.49. The number of likely N-dealkylation sites (tertiary alicyclic amines) is 2. The molecule has 0 unspecified atom stereocenters. The lowest BCUT2D eigenvalue weighted by atomic mass is 9.77. The number of aromatic nitrogens is 1. The second kappa shape index (κ2) is 8.34. The average molecular weight is 360 g/mol. The van der Waals surface area contributed by atoms with Gasteiger partial charge in [0.2, 0.25) is 0 Å². The SMILES string of the molecule is CN1C[C@@H](COCc2ccccn2)[C@@]2(CCN(CC3CCOCC3)C2)C1. The molecule has 2 atom stereocenters. The van der Waals surface area contributed by atoms with Gasteiger partial charge in [-0.3, -0.25) is 4.98 Å². The third-order valence-corrected chi connectivity index (χ3v) is 6.60. The molecule has 4 rings (SSSR count). The van der Waals surface area contributed by atoms with Gasteiger partial charge in [-0.2, -0.15) is 0 Å². The molecule has 3 aliphatic heterocycles. The number of ether oxygens (including phenoxy) is 2. The molecule has 3 fully saturated rings. The van der Waals surface area contributed by atoms with Crippen LogP contribution in [0.1, 0.15) is 25.0 Å². The first-order valence-electron chi connectivity index (χ1n) is 10.2. The summed E-state index contributed by atoms with van der Waals surface area (Å²) in [6.07, 6.45) is 5.63. The van der Waals surface area contributed by atoms with Gasteiger partial charge in [-0.05, 0) is 50.9 Å². The minimum atomic E-state index is 0.421. The molecule has 5 heteroatoms. The van der Waals surface area contributed by atoms with Crippen LogP contribution in [0.25, 0.3) is 0 Å². The van der Waals surface area contributed by atoms with Gasteiger partial charge in [0.1, 0.15) is 0 Å². The number of hydrogen-bond donors (Lipinski definition) is 0. The summed E-state index contributed by atoms with van der Waals surface area (Å²) in [6.45, 7) is 9.52. The Morgan fingerprint density at radius 3 is 2.96 bits per heavy atom. The average Bonchev–Trinajstić information content (AvgIpc) is 3.20. The maximum absolute atomic E-state index is 6.10. The second-order valence-electron chi connectivity index (χ2n) is 8.63. The van der Waals surface area contributed by atoms with Crippen LogP contribution in [0.4, 0.5) is 0 Å². The Hall–Kier alpha value is -1.01. The Morgan fingerprint density at radius 1 is 1.27 bits per heavy atom. The summed E-state index contributed by atoms with van der Waals surface area (Å²) < 4.78 is 11.6. The summed E-state index contributed by atoms with van der Waals surface area (Å²) in [6, 6.07) is 6.03. The van der Waals surface area contributed by atoms with E-state index in [1.807, 2.05) is 24.4 Å². The molecule has 0 saturated carbocycles. The van der Waals surface area contributed by atoms with Gasteiger partial charge in [0.25, 0.3) is 0 Å². The van der Waals surface area contributed by atoms with Gasteiger partial charge in [0, 0.05) is 56.9 Å². The summed E-state index contributed by atoms with van der Waals surface area (Å²) >= 11 is 0. The Labute approximate surface area is 157 Å². The standard InChI is InChI=1S/C21H33N3O2/c1-23-13-19(14-26-15-20-4-2-3-8-22-20)21(16-23)7-9-24(17-21)12-18-5-10-25-11-6-18/h2-4,8,18-19H,5-7,9-17H2,1H3/t19-,21-/m0/s1. The fraction of sp³-hybridized carbons (Fsp3) is 0.762. The van der Waals surface area contributed by atoms with Gasteiger partial charge in [-0.15, -0.1) is 0 Å². The normalized spacial score (nSPS) is 31.2. The van der Waals surface area contributed by atoms with E-state index >= 15 is 0 Å². The van der Waals surface area contributed by atoms with Crippen LogP contribution in [0.15, 0.2) is 24.4 Å². The van der Waals surface area contributed by atoms with Crippen LogP contribution in [-0.4, -0.2) is 74.4 Å². The van der Waals surface area contributed by atoms with Crippen molar-refractivity contribution >= 4 is 0 Å². The highest BCUT2D eigenvalue weighted by atomic mass is 16.5. The highest BCUT2D eigenvalue weighted by molar-refractivity contribution is 5.03. The molecule has 5 nitrogen and oxygen atoms in total. The number of rotatable bonds is 6. The van der Waals surface area contributed by atoms with Gasteiger partial charge in [0.05, 0.1) is 18.9 Å². The van der Waals surface area contributed by atoms with E-state index in [9.17, 15) is 0 Å². The lowest BCUT2D eigenvalue weighted by Gasteiger charge is -2.32. The van der Waals surface area contributed by atoms with E-state index < -0.39 is 0 Å². The highest BCUT2D eigenvalue weighted by Crippen LogP contribution is 2.44. The van der Waals surface area contributed by atoms with Crippen molar-refractivity contribution in [3.63, 3.8) is 0 Å². The fourth-order valence-electron chi connectivity index (χ4n) is 5.22. The van der Waals surface area contributed by atoms with Crippen LogP contribution in [0, 0.1) is 17.3 Å². The van der Waals surface area contributed by atoms with Crippen molar-refractivity contribution in [2.24, 2.45) is 17.3 Å². The lowest BCUT2D eigenvalue weighted by molar-refractivity contribution is 0.0423. The molecule has 1 aromatic heterocycles. The first kappa shape index (κ1) is 18.4. The molecule has 26 heavy (non-hydrogen) atoms. The van der Waals surface area contributed by atoms with Gasteiger partial charge in [-0.1, -0.05) is 6.07 Å². The monoisotopic (exact) mass is 359 g/mol. The molecule has 144 valence electrons. The topological polar surface area (TPSA) is 37.8 Å². The largest absolute Gasteiger partial charge is 0.381 e. The van der Waals surface area contributed by atoms with Crippen LogP contribution in [0.3, 0.4) is 0 Å². The second-order valence-corrected chi connectivity index (χ2v) is 8.63. The fourth-order valence-corrected chi connectivity index (χ4v) is 5.22. The number of nitrogens with zero attached hydrogens (tertiary/aromatic N) is 3. The van der Waals surface area contributed by atoms with Gasteiger partial charge < -0.3 is 19.3 Å². The van der Waals surface area contributed by atoms with Crippen molar-refractivity contribution in [2.75, 3.05) is 59.6 Å². The molecule has 1 aromatic rings. The first-order valence-corrected chi connectivity index (χ1v) is 10.2. The van der Waals surface area contributed by atoms with Crippen LogP contribution >= 0.6 is 0 Å². The Morgan fingerprint density at radius 2 is 2.15 bits per heavy atom. The predicted octanol–water partition coefficient (Wildman–Crippen LogP) is 2.28. The lowest BCUT2D eigenvalue weighted by Crippen LogP contribution is -2.38. The van der Waals surface area contributed by atoms with E-state index in [-0.39, 0.29) is 0 Å². The number of hydrogen-bond acceptors (Lipinski definition) is 5. The summed E-state index contributed by atoms with van der Waals surface area (Å²) in [7, 11) is 2.27. The summed E-state index contributed by atoms with van der Waals surface area (Å²) in [5, 5.41) is 0. The maximum Gasteiger partial charge on any atom is 0.0887 e. The van der Waals surface area contributed by atoms with Crippen molar-refractivity contribution in [2.45, 2.75) is 25.9 Å². The summed E-state index contributed by atoms with van der Waals surface area (Å²) in [5.74, 6) is 1.47. The zero-order valence-corrected chi connectivity index (χ0v) is 16.1. The van der Waals surface area contributed by atoms with E-state index in [1.165, 1.54) is 45.4 Å². The van der Waals surface area contributed by atoms with Gasteiger partial charge >= 0.3 is 0 Å². The smallest absolute Gasteiger partial charge is 0.0887 e. The van der Waals surface area contributed by atoms with E-state index in [4.69, 9.17) is 9.47 Å². The zero-order chi connectivity index (χ0) is 17.8. The Balaban J connectivity index is 1.30. The predicted molar refractivity (Wildman–Crippen MR) is 102 cm³/mol. The summed E-state index contributed by atoms with van der Waals surface area (Å²) in [4.78, 5) is 9.60. The Bertz CT molecular complexity index is 564. The van der Waals surface area contributed by atoms with Crippen molar-refractivity contribution < 1.29 is 9.47 Å². The van der Waals surface area contributed by atoms with Crippen molar-refractivity contribution in [1.29, 1.82) is 0 Å². The molecular formula is C21H33N3O2. The molecule has 0 radical (unpaired) electrons. The van der Waals surface area contributed by atoms with Gasteiger partial charge in [0.15, 0.2) is 0 Å². The quantitative estimate of drug-likeness (QED) is 0.779. The molecule has 4 heterocycles. The van der Waals surface area contributed by atoms with Crippen molar-refractivity contribution in [3.05, 3.63) is 30.1 Å². The molecule has 0 bridgehead atoms. The van der Waals surface area contributed by atoms with Crippen LogP contribution < -0.4 is 0 Å². The molecule has 0 amide bonds. The molecule has 0 aromatic carbocycles. The molecule has 3 aliphatic rings. The van der Waals surface area contributed by atoms with Crippen molar-refractivity contribution in [3.8, 4) is 0 Å². The summed E-state index contributed by atoms with van der Waals surface area (Å²) in [5.41, 5.74) is 1.45. The van der Waals surface area contributed by atoms with E-state index in [2.05, 4.69) is 21.8 Å². The third-order valence-electron chi connectivity index (χ3n) is 6.60. The van der Waals surface area contributed by atoms with E-state index in [0.29, 0.717) is 17.9 Å².